The number of carboxylic acids is 1. The minimum atomic E-state index is -0.962. The van der Waals surface area contributed by atoms with Crippen LogP contribution in [0.1, 0.15) is 34.8 Å². The van der Waals surface area contributed by atoms with Gasteiger partial charge in [0.25, 0.3) is 0 Å². The Labute approximate surface area is 83.6 Å². The van der Waals surface area contributed by atoms with Crippen molar-refractivity contribution < 1.29 is 9.90 Å². The second kappa shape index (κ2) is 4.48. The fourth-order valence-electron chi connectivity index (χ4n) is 1.43. The Morgan fingerprint density at radius 2 is 2.29 bits per heavy atom. The lowest BCUT2D eigenvalue weighted by molar-refractivity contribution is 0.0696. The zero-order valence-corrected chi connectivity index (χ0v) is 8.08. The number of hydrogen-bond donors (Lipinski definition) is 1. The summed E-state index contributed by atoms with van der Waals surface area (Å²) in [5.74, 6) is 1.49. The Bertz CT molecular complexity index is 386. The molecule has 1 aromatic rings. The van der Waals surface area contributed by atoms with Crippen LogP contribution in [-0.2, 0) is 6.42 Å². The van der Waals surface area contributed by atoms with E-state index in [2.05, 4.69) is 5.92 Å². The molecule has 0 fully saturated rings. The van der Waals surface area contributed by atoms with E-state index in [1.54, 1.807) is 6.07 Å². The number of rotatable bonds is 3. The van der Waals surface area contributed by atoms with Gasteiger partial charge in [-0.1, -0.05) is 31.4 Å². The van der Waals surface area contributed by atoms with Crippen LogP contribution in [0.4, 0.5) is 0 Å². The SMILES string of the molecule is C#Cc1c(CCC)cccc1C(=O)O. The van der Waals surface area contributed by atoms with Gasteiger partial charge in [-0.3, -0.25) is 0 Å². The molecule has 1 rings (SSSR count). The van der Waals surface area contributed by atoms with E-state index in [1.165, 1.54) is 6.07 Å². The highest BCUT2D eigenvalue weighted by molar-refractivity contribution is 5.91. The number of terminal acetylenes is 1. The molecule has 2 nitrogen and oxygen atoms in total. The highest BCUT2D eigenvalue weighted by Gasteiger charge is 2.10. The first-order valence-electron chi connectivity index (χ1n) is 4.52. The normalized spacial score (nSPS) is 9.43. The molecule has 1 aromatic carbocycles. The van der Waals surface area contributed by atoms with Crippen molar-refractivity contribution in [3.63, 3.8) is 0 Å². The number of hydrogen-bond acceptors (Lipinski definition) is 1. The molecule has 0 heterocycles. The van der Waals surface area contributed by atoms with Gasteiger partial charge in [0.1, 0.15) is 0 Å². The lowest BCUT2D eigenvalue weighted by atomic mass is 9.98. The van der Waals surface area contributed by atoms with Crippen molar-refractivity contribution in [2.24, 2.45) is 0 Å². The second-order valence-electron chi connectivity index (χ2n) is 3.04. The van der Waals surface area contributed by atoms with Crippen LogP contribution < -0.4 is 0 Å². The minimum absolute atomic E-state index is 0.221. The molecule has 0 radical (unpaired) electrons. The van der Waals surface area contributed by atoms with Crippen LogP contribution in [0, 0.1) is 12.3 Å². The quantitative estimate of drug-likeness (QED) is 0.739. The van der Waals surface area contributed by atoms with Crippen LogP contribution in [0.3, 0.4) is 0 Å². The van der Waals surface area contributed by atoms with Gasteiger partial charge in [-0.2, -0.15) is 0 Å². The average molecular weight is 188 g/mol. The summed E-state index contributed by atoms with van der Waals surface area (Å²) >= 11 is 0. The lowest BCUT2D eigenvalue weighted by Gasteiger charge is -2.05. The first-order valence-corrected chi connectivity index (χ1v) is 4.52. The highest BCUT2D eigenvalue weighted by Crippen LogP contribution is 2.15. The molecule has 0 aliphatic heterocycles. The number of aryl methyl sites for hydroxylation is 1. The Hall–Kier alpha value is -1.75. The molecule has 0 aliphatic rings. The van der Waals surface area contributed by atoms with E-state index >= 15 is 0 Å². The summed E-state index contributed by atoms with van der Waals surface area (Å²) in [6, 6.07) is 5.15. The average Bonchev–Trinajstić information content (AvgIpc) is 2.18. The summed E-state index contributed by atoms with van der Waals surface area (Å²) in [5, 5.41) is 8.89. The maximum Gasteiger partial charge on any atom is 0.336 e. The summed E-state index contributed by atoms with van der Waals surface area (Å²) in [7, 11) is 0. The topological polar surface area (TPSA) is 37.3 Å². The van der Waals surface area contributed by atoms with Gasteiger partial charge in [0.15, 0.2) is 0 Å². The number of carboxylic acid groups (broad SMARTS) is 1. The van der Waals surface area contributed by atoms with E-state index in [4.69, 9.17) is 11.5 Å². The van der Waals surface area contributed by atoms with E-state index in [-0.39, 0.29) is 5.56 Å². The fourth-order valence-corrected chi connectivity index (χ4v) is 1.43. The molecule has 0 saturated carbocycles. The number of aromatic carboxylic acids is 1. The molecule has 14 heavy (non-hydrogen) atoms. The maximum atomic E-state index is 10.8. The summed E-state index contributed by atoms with van der Waals surface area (Å²) in [6.45, 7) is 2.04. The highest BCUT2D eigenvalue weighted by atomic mass is 16.4. The Morgan fingerprint density at radius 1 is 1.57 bits per heavy atom. The minimum Gasteiger partial charge on any atom is -0.478 e. The molecular formula is C12H12O2. The summed E-state index contributed by atoms with van der Waals surface area (Å²) in [5.41, 5.74) is 1.68. The third-order valence-corrected chi connectivity index (χ3v) is 2.04. The first-order chi connectivity index (χ1) is 6.70. The molecule has 0 saturated heterocycles. The fraction of sp³-hybridized carbons (Fsp3) is 0.250. The molecule has 1 N–H and O–H groups in total. The van der Waals surface area contributed by atoms with Crippen LogP contribution >= 0.6 is 0 Å². The van der Waals surface area contributed by atoms with Crippen molar-refractivity contribution in [1.82, 2.24) is 0 Å². The molecule has 0 atom stereocenters. The van der Waals surface area contributed by atoms with Crippen molar-refractivity contribution in [2.75, 3.05) is 0 Å². The van der Waals surface area contributed by atoms with Crippen molar-refractivity contribution in [1.29, 1.82) is 0 Å². The standard InChI is InChI=1S/C12H12O2/c1-3-6-9-7-5-8-11(12(13)14)10(9)4-2/h2,5,7-8H,3,6H2,1H3,(H,13,14). The van der Waals surface area contributed by atoms with Gasteiger partial charge in [-0.25, -0.2) is 4.79 Å². The van der Waals surface area contributed by atoms with Crippen LogP contribution in [0.15, 0.2) is 18.2 Å². The lowest BCUT2D eigenvalue weighted by Crippen LogP contribution is -2.03. The molecule has 0 aliphatic carbocycles. The molecule has 72 valence electrons. The Kier molecular flexibility index (Phi) is 3.30. The monoisotopic (exact) mass is 188 g/mol. The number of benzene rings is 1. The van der Waals surface area contributed by atoms with Gasteiger partial charge in [-0.15, -0.1) is 6.42 Å². The van der Waals surface area contributed by atoms with Gasteiger partial charge in [0, 0.05) is 5.56 Å². The zero-order valence-electron chi connectivity index (χ0n) is 8.08. The molecular weight excluding hydrogens is 176 g/mol. The smallest absolute Gasteiger partial charge is 0.336 e. The van der Waals surface area contributed by atoms with Gasteiger partial charge in [-0.05, 0) is 18.1 Å². The summed E-state index contributed by atoms with van der Waals surface area (Å²) in [6.07, 6.45) is 7.08. The summed E-state index contributed by atoms with van der Waals surface area (Å²) < 4.78 is 0. The van der Waals surface area contributed by atoms with E-state index < -0.39 is 5.97 Å². The van der Waals surface area contributed by atoms with Gasteiger partial charge < -0.3 is 5.11 Å². The van der Waals surface area contributed by atoms with Crippen LogP contribution in [0.2, 0.25) is 0 Å². The van der Waals surface area contributed by atoms with E-state index in [0.29, 0.717) is 5.56 Å². The van der Waals surface area contributed by atoms with Gasteiger partial charge >= 0.3 is 5.97 Å². The molecule has 0 bridgehead atoms. The molecule has 0 amide bonds. The zero-order chi connectivity index (χ0) is 10.6. The number of carbonyl (C=O) groups is 1. The molecule has 0 unspecified atom stereocenters. The molecule has 2 heteroatoms. The van der Waals surface area contributed by atoms with Gasteiger partial charge in [0.05, 0.1) is 5.56 Å². The second-order valence-corrected chi connectivity index (χ2v) is 3.04. The van der Waals surface area contributed by atoms with Crippen LogP contribution in [0.25, 0.3) is 0 Å². The Morgan fingerprint density at radius 3 is 2.79 bits per heavy atom. The van der Waals surface area contributed by atoms with E-state index in [1.807, 2.05) is 13.0 Å². The predicted molar refractivity (Wildman–Crippen MR) is 55.3 cm³/mol. The molecule has 0 aromatic heterocycles. The van der Waals surface area contributed by atoms with Crippen molar-refractivity contribution in [3.8, 4) is 12.3 Å². The maximum absolute atomic E-state index is 10.8. The van der Waals surface area contributed by atoms with Crippen molar-refractivity contribution in [3.05, 3.63) is 34.9 Å². The largest absolute Gasteiger partial charge is 0.478 e. The van der Waals surface area contributed by atoms with Crippen molar-refractivity contribution in [2.45, 2.75) is 19.8 Å². The van der Waals surface area contributed by atoms with Gasteiger partial charge in [0.2, 0.25) is 0 Å². The third kappa shape index (κ3) is 1.94. The Balaban J connectivity index is 3.27. The first kappa shape index (κ1) is 10.3. The van der Waals surface area contributed by atoms with E-state index in [9.17, 15) is 4.79 Å². The third-order valence-electron chi connectivity index (χ3n) is 2.04. The van der Waals surface area contributed by atoms with E-state index in [0.717, 1.165) is 18.4 Å². The van der Waals surface area contributed by atoms with Crippen LogP contribution in [0.5, 0.6) is 0 Å². The predicted octanol–water partition coefficient (Wildman–Crippen LogP) is 2.32. The summed E-state index contributed by atoms with van der Waals surface area (Å²) in [4.78, 5) is 10.8. The molecule has 0 spiro atoms. The van der Waals surface area contributed by atoms with Crippen molar-refractivity contribution >= 4 is 5.97 Å². The van der Waals surface area contributed by atoms with Crippen LogP contribution in [-0.4, -0.2) is 11.1 Å².